The van der Waals surface area contributed by atoms with Gasteiger partial charge in [-0.25, -0.2) is 4.79 Å². The van der Waals surface area contributed by atoms with Crippen molar-refractivity contribution in [3.63, 3.8) is 0 Å². The highest BCUT2D eigenvalue weighted by Crippen LogP contribution is 2.15. The molecule has 0 saturated heterocycles. The van der Waals surface area contributed by atoms with Crippen LogP contribution in [0.15, 0.2) is 59.2 Å². The minimum absolute atomic E-state index is 0.160. The predicted molar refractivity (Wildman–Crippen MR) is 85.6 cm³/mol. The molecule has 1 atom stereocenters. The molecule has 6 nitrogen and oxygen atoms in total. The zero-order valence-electron chi connectivity index (χ0n) is 12.7. The summed E-state index contributed by atoms with van der Waals surface area (Å²) in [7, 11) is 0. The Morgan fingerprint density at radius 2 is 2.13 bits per heavy atom. The molecule has 0 fully saturated rings. The second kappa shape index (κ2) is 6.48. The molecular formula is C17H17N3O3. The van der Waals surface area contributed by atoms with E-state index in [4.69, 9.17) is 4.74 Å². The van der Waals surface area contributed by atoms with Gasteiger partial charge in [0.15, 0.2) is 0 Å². The molecule has 2 aliphatic heterocycles. The standard InChI is InChI=1S/C17H17N3O3/c1-12-7-8-15-18-9-14(16(21)20(15)10-12)19-17(22)23-11-13-5-3-2-4-6-13/h2-8,10,14H,9,11H2,1H3,(H,19,22). The number of carbonyl (C=O) groups excluding carboxylic acids is 2. The fourth-order valence-corrected chi connectivity index (χ4v) is 2.35. The average molecular weight is 311 g/mol. The van der Waals surface area contributed by atoms with Gasteiger partial charge in [-0.05, 0) is 24.1 Å². The summed E-state index contributed by atoms with van der Waals surface area (Å²) in [5.74, 6) is 0.381. The molecule has 23 heavy (non-hydrogen) atoms. The van der Waals surface area contributed by atoms with Crippen LogP contribution in [0.1, 0.15) is 12.5 Å². The van der Waals surface area contributed by atoms with Gasteiger partial charge in [0.05, 0.1) is 6.54 Å². The summed E-state index contributed by atoms with van der Waals surface area (Å²) in [5, 5.41) is 2.57. The number of amidine groups is 1. The van der Waals surface area contributed by atoms with Crippen molar-refractivity contribution in [3.8, 4) is 0 Å². The van der Waals surface area contributed by atoms with Gasteiger partial charge in [0.25, 0.3) is 5.91 Å². The maximum atomic E-state index is 12.4. The van der Waals surface area contributed by atoms with Gasteiger partial charge in [0.1, 0.15) is 18.5 Å². The van der Waals surface area contributed by atoms with Gasteiger partial charge in [0, 0.05) is 6.20 Å². The fourth-order valence-electron chi connectivity index (χ4n) is 2.35. The van der Waals surface area contributed by atoms with E-state index in [1.54, 1.807) is 12.3 Å². The van der Waals surface area contributed by atoms with Crippen LogP contribution in [-0.2, 0) is 16.1 Å². The number of carbonyl (C=O) groups is 2. The quantitative estimate of drug-likeness (QED) is 0.928. The van der Waals surface area contributed by atoms with Crippen molar-refractivity contribution in [2.45, 2.75) is 19.6 Å². The number of nitrogens with zero attached hydrogens (tertiary/aromatic N) is 2. The van der Waals surface area contributed by atoms with Crippen LogP contribution >= 0.6 is 0 Å². The van der Waals surface area contributed by atoms with Gasteiger partial charge >= 0.3 is 6.09 Å². The van der Waals surface area contributed by atoms with Crippen LogP contribution in [0.3, 0.4) is 0 Å². The van der Waals surface area contributed by atoms with Crippen molar-refractivity contribution in [2.24, 2.45) is 4.99 Å². The van der Waals surface area contributed by atoms with E-state index in [0.29, 0.717) is 5.84 Å². The highest BCUT2D eigenvalue weighted by Gasteiger charge is 2.32. The molecular weight excluding hydrogens is 294 g/mol. The monoisotopic (exact) mass is 311 g/mol. The van der Waals surface area contributed by atoms with Crippen LogP contribution in [0, 0.1) is 0 Å². The molecule has 0 spiro atoms. The number of fused-ring (bicyclic) bond motifs is 1. The molecule has 1 aromatic carbocycles. The van der Waals surface area contributed by atoms with Crippen molar-refractivity contribution in [1.29, 1.82) is 0 Å². The van der Waals surface area contributed by atoms with Crippen molar-refractivity contribution in [3.05, 3.63) is 59.8 Å². The van der Waals surface area contributed by atoms with E-state index in [1.165, 1.54) is 4.90 Å². The molecule has 0 radical (unpaired) electrons. The molecule has 0 bridgehead atoms. The van der Waals surface area contributed by atoms with Gasteiger partial charge in [-0.1, -0.05) is 36.4 Å². The summed E-state index contributed by atoms with van der Waals surface area (Å²) >= 11 is 0. The van der Waals surface area contributed by atoms with Gasteiger partial charge < -0.3 is 10.1 Å². The summed E-state index contributed by atoms with van der Waals surface area (Å²) in [6, 6.07) is 8.65. The third kappa shape index (κ3) is 3.48. The van der Waals surface area contributed by atoms with E-state index >= 15 is 0 Å². The van der Waals surface area contributed by atoms with E-state index < -0.39 is 12.1 Å². The maximum Gasteiger partial charge on any atom is 0.408 e. The molecule has 2 aliphatic rings. The van der Waals surface area contributed by atoms with Crippen molar-refractivity contribution >= 4 is 17.8 Å². The third-order valence-corrected chi connectivity index (χ3v) is 3.55. The first-order valence-corrected chi connectivity index (χ1v) is 7.35. The van der Waals surface area contributed by atoms with Gasteiger partial charge in [-0.2, -0.15) is 0 Å². The van der Waals surface area contributed by atoms with Crippen LogP contribution in [0.5, 0.6) is 0 Å². The van der Waals surface area contributed by atoms with Crippen LogP contribution in [-0.4, -0.2) is 35.3 Å². The highest BCUT2D eigenvalue weighted by molar-refractivity contribution is 6.10. The number of amides is 2. The Labute approximate surface area is 134 Å². The second-order valence-corrected chi connectivity index (χ2v) is 5.37. The molecule has 2 amide bonds. The van der Waals surface area contributed by atoms with Crippen molar-refractivity contribution < 1.29 is 14.3 Å². The van der Waals surface area contributed by atoms with E-state index in [-0.39, 0.29) is 19.1 Å². The third-order valence-electron chi connectivity index (χ3n) is 3.55. The Morgan fingerprint density at radius 1 is 1.35 bits per heavy atom. The predicted octanol–water partition coefficient (Wildman–Crippen LogP) is 2.00. The smallest absolute Gasteiger partial charge is 0.408 e. The molecule has 3 rings (SSSR count). The molecule has 0 aromatic heterocycles. The Morgan fingerprint density at radius 3 is 2.91 bits per heavy atom. The lowest BCUT2D eigenvalue weighted by atomic mass is 10.1. The SMILES string of the molecule is CC1=CN2C(=O)C(NC(=O)OCc3ccccc3)CN=C2C=C1. The lowest BCUT2D eigenvalue weighted by Crippen LogP contribution is -2.53. The van der Waals surface area contributed by atoms with Gasteiger partial charge in [0.2, 0.25) is 0 Å². The number of rotatable bonds is 3. The van der Waals surface area contributed by atoms with Crippen LogP contribution in [0.25, 0.3) is 0 Å². The largest absolute Gasteiger partial charge is 0.445 e. The van der Waals surface area contributed by atoms with Crippen molar-refractivity contribution in [1.82, 2.24) is 10.2 Å². The van der Waals surface area contributed by atoms with Gasteiger partial charge in [-0.3, -0.25) is 14.7 Å². The Balaban J connectivity index is 1.58. The van der Waals surface area contributed by atoms with Crippen LogP contribution in [0.2, 0.25) is 0 Å². The lowest BCUT2D eigenvalue weighted by molar-refractivity contribution is -0.127. The second-order valence-electron chi connectivity index (χ2n) is 5.37. The van der Waals surface area contributed by atoms with Crippen LogP contribution < -0.4 is 5.32 Å². The first kappa shape index (κ1) is 15.0. The van der Waals surface area contributed by atoms with Crippen LogP contribution in [0.4, 0.5) is 4.79 Å². The number of benzene rings is 1. The van der Waals surface area contributed by atoms with E-state index in [0.717, 1.165) is 11.1 Å². The molecule has 0 saturated carbocycles. The number of nitrogens with one attached hydrogen (secondary N) is 1. The highest BCUT2D eigenvalue weighted by atomic mass is 16.5. The number of aliphatic imine (C=N–C) groups is 1. The Hall–Kier alpha value is -2.89. The number of hydrogen-bond acceptors (Lipinski definition) is 4. The van der Waals surface area contributed by atoms with Gasteiger partial charge in [-0.15, -0.1) is 0 Å². The molecule has 6 heteroatoms. The number of ether oxygens (including phenoxy) is 1. The van der Waals surface area contributed by atoms with E-state index in [9.17, 15) is 9.59 Å². The average Bonchev–Trinajstić information content (AvgIpc) is 2.57. The summed E-state index contributed by atoms with van der Waals surface area (Å²) in [5.41, 5.74) is 1.84. The number of alkyl carbamates (subject to hydrolysis) is 1. The first-order chi connectivity index (χ1) is 11.1. The van der Waals surface area contributed by atoms with E-state index in [1.807, 2.05) is 43.3 Å². The normalized spacial score (nSPS) is 19.6. The van der Waals surface area contributed by atoms with Crippen molar-refractivity contribution in [2.75, 3.05) is 6.54 Å². The number of allylic oxidation sites excluding steroid dienone is 2. The minimum Gasteiger partial charge on any atom is -0.445 e. The molecule has 2 heterocycles. The molecule has 118 valence electrons. The molecule has 1 N–H and O–H groups in total. The van der Waals surface area contributed by atoms with E-state index in [2.05, 4.69) is 10.3 Å². The summed E-state index contributed by atoms with van der Waals surface area (Å²) in [6.45, 7) is 2.27. The maximum absolute atomic E-state index is 12.4. The topological polar surface area (TPSA) is 71.0 Å². The molecule has 1 unspecified atom stereocenters. The number of hydrogen-bond donors (Lipinski definition) is 1. The molecule has 0 aliphatic carbocycles. The Kier molecular flexibility index (Phi) is 4.23. The fraction of sp³-hybridized carbons (Fsp3) is 0.235. The summed E-state index contributed by atoms with van der Waals surface area (Å²) in [4.78, 5) is 30.1. The minimum atomic E-state index is -0.711. The Bertz CT molecular complexity index is 707. The summed E-state index contributed by atoms with van der Waals surface area (Å²) < 4.78 is 5.14. The molecule has 1 aromatic rings. The zero-order chi connectivity index (χ0) is 16.2. The lowest BCUT2D eigenvalue weighted by Gasteiger charge is -2.30. The zero-order valence-corrected chi connectivity index (χ0v) is 12.7. The summed E-state index contributed by atoms with van der Waals surface area (Å²) in [6.07, 6.45) is 4.77. The first-order valence-electron chi connectivity index (χ1n) is 7.35.